The molecule has 0 saturated carbocycles. The van der Waals surface area contributed by atoms with Crippen LogP contribution < -0.4 is 10.1 Å². The number of thiophene rings is 1. The molecule has 0 aliphatic carbocycles. The topological polar surface area (TPSA) is 104 Å². The Hall–Kier alpha value is -3.20. The van der Waals surface area contributed by atoms with Crippen molar-refractivity contribution >= 4 is 23.2 Å². The number of methoxy groups -OCH3 is 1. The van der Waals surface area contributed by atoms with Crippen LogP contribution in [0.4, 0.5) is 0 Å². The molecule has 8 nitrogen and oxygen atoms in total. The summed E-state index contributed by atoms with van der Waals surface area (Å²) < 4.78 is 15.6. The molecule has 0 radical (unpaired) electrons. The van der Waals surface area contributed by atoms with E-state index in [0.29, 0.717) is 10.7 Å². The van der Waals surface area contributed by atoms with Gasteiger partial charge in [0.1, 0.15) is 11.8 Å². The van der Waals surface area contributed by atoms with Crippen LogP contribution in [0, 0.1) is 5.92 Å². The molecular weight excluding hydrogens is 394 g/mol. The predicted octanol–water partition coefficient (Wildman–Crippen LogP) is 3.30. The molecule has 152 valence electrons. The lowest BCUT2D eigenvalue weighted by atomic mass is 10.0. The molecule has 2 aromatic heterocycles. The molecular formula is C20H21N3O5S. The molecule has 2 heterocycles. The Morgan fingerprint density at radius 3 is 2.59 bits per heavy atom. The van der Waals surface area contributed by atoms with Gasteiger partial charge >= 0.3 is 5.97 Å². The van der Waals surface area contributed by atoms with Gasteiger partial charge in [0, 0.05) is 5.56 Å². The zero-order valence-corrected chi connectivity index (χ0v) is 17.1. The van der Waals surface area contributed by atoms with Crippen molar-refractivity contribution in [3.8, 4) is 17.1 Å². The van der Waals surface area contributed by atoms with Crippen LogP contribution in [0.2, 0.25) is 0 Å². The van der Waals surface area contributed by atoms with Crippen LogP contribution in [-0.4, -0.2) is 35.2 Å². The zero-order chi connectivity index (χ0) is 20.8. The number of hydrogen-bond donors (Lipinski definition) is 1. The number of nitrogens with one attached hydrogen (secondary N) is 1. The van der Waals surface area contributed by atoms with Gasteiger partial charge in [0.2, 0.25) is 5.82 Å². The van der Waals surface area contributed by atoms with E-state index in [9.17, 15) is 9.59 Å². The number of carbonyl (C=O) groups is 2. The van der Waals surface area contributed by atoms with Crippen LogP contribution >= 0.6 is 11.3 Å². The maximum Gasteiger partial charge on any atom is 0.329 e. The normalized spacial score (nSPS) is 11.9. The van der Waals surface area contributed by atoms with E-state index in [1.165, 1.54) is 11.3 Å². The molecule has 9 heteroatoms. The number of benzene rings is 1. The molecule has 29 heavy (non-hydrogen) atoms. The smallest absolute Gasteiger partial charge is 0.329 e. The number of rotatable bonds is 8. The standard InChI is InChI=1S/C20H21N3O5S/c1-12(2)17(22-19(24)15-5-4-10-29-15)20(25)27-11-16-21-18(23-28-16)13-6-8-14(26-3)9-7-13/h4-10,12,17H,11H2,1-3H3,(H,22,24). The van der Waals surface area contributed by atoms with Crippen molar-refractivity contribution in [2.75, 3.05) is 7.11 Å². The molecule has 1 unspecified atom stereocenters. The molecule has 0 bridgehead atoms. The largest absolute Gasteiger partial charge is 0.497 e. The molecule has 3 rings (SSSR count). The summed E-state index contributed by atoms with van der Waals surface area (Å²) >= 11 is 1.30. The highest BCUT2D eigenvalue weighted by atomic mass is 32.1. The molecule has 0 fully saturated rings. The monoisotopic (exact) mass is 415 g/mol. The van der Waals surface area contributed by atoms with E-state index < -0.39 is 12.0 Å². The number of esters is 1. The van der Waals surface area contributed by atoms with Gasteiger partial charge in [0.25, 0.3) is 11.8 Å². The van der Waals surface area contributed by atoms with Crippen LogP contribution in [0.3, 0.4) is 0 Å². The average molecular weight is 415 g/mol. The highest BCUT2D eigenvalue weighted by Crippen LogP contribution is 2.20. The molecule has 0 aliphatic rings. The quantitative estimate of drug-likeness (QED) is 0.563. The lowest BCUT2D eigenvalue weighted by molar-refractivity contribution is -0.149. The van der Waals surface area contributed by atoms with E-state index in [2.05, 4.69) is 15.5 Å². The van der Waals surface area contributed by atoms with Gasteiger partial charge in [-0.2, -0.15) is 4.98 Å². The first kappa shape index (κ1) is 20.5. The third-order valence-corrected chi connectivity index (χ3v) is 4.98. The summed E-state index contributed by atoms with van der Waals surface area (Å²) in [5.74, 6) is 0.241. The Bertz CT molecular complexity index is 951. The van der Waals surface area contributed by atoms with E-state index >= 15 is 0 Å². The zero-order valence-electron chi connectivity index (χ0n) is 16.2. The molecule has 0 saturated heterocycles. The first-order chi connectivity index (χ1) is 14.0. The highest BCUT2D eigenvalue weighted by molar-refractivity contribution is 7.12. The van der Waals surface area contributed by atoms with E-state index in [4.69, 9.17) is 14.0 Å². The van der Waals surface area contributed by atoms with Gasteiger partial charge in [-0.3, -0.25) is 4.79 Å². The Labute approximate surface area is 171 Å². The molecule has 1 N–H and O–H groups in total. The molecule has 3 aromatic rings. The summed E-state index contributed by atoms with van der Waals surface area (Å²) in [6.45, 7) is 3.48. The number of aromatic nitrogens is 2. The molecule has 0 aliphatic heterocycles. The fourth-order valence-electron chi connectivity index (χ4n) is 2.51. The third-order valence-electron chi connectivity index (χ3n) is 4.11. The number of carbonyl (C=O) groups excluding carboxylic acids is 2. The second-order valence-electron chi connectivity index (χ2n) is 6.52. The van der Waals surface area contributed by atoms with Crippen molar-refractivity contribution in [3.63, 3.8) is 0 Å². The summed E-state index contributed by atoms with van der Waals surface area (Å²) in [4.78, 5) is 29.5. The van der Waals surface area contributed by atoms with Gasteiger partial charge in [-0.25, -0.2) is 4.79 Å². The summed E-state index contributed by atoms with van der Waals surface area (Å²) in [6, 6.07) is 9.86. The van der Waals surface area contributed by atoms with Crippen molar-refractivity contribution < 1.29 is 23.6 Å². The van der Waals surface area contributed by atoms with Gasteiger partial charge in [-0.1, -0.05) is 25.1 Å². The van der Waals surface area contributed by atoms with Crippen molar-refractivity contribution in [1.29, 1.82) is 0 Å². The number of hydrogen-bond acceptors (Lipinski definition) is 8. The third kappa shape index (κ3) is 5.20. The summed E-state index contributed by atoms with van der Waals surface area (Å²) in [7, 11) is 1.59. The van der Waals surface area contributed by atoms with Crippen molar-refractivity contribution in [1.82, 2.24) is 15.5 Å². The lowest BCUT2D eigenvalue weighted by Crippen LogP contribution is -2.45. The lowest BCUT2D eigenvalue weighted by Gasteiger charge is -2.20. The van der Waals surface area contributed by atoms with Crippen molar-refractivity contribution in [2.24, 2.45) is 5.92 Å². The minimum atomic E-state index is -0.784. The Morgan fingerprint density at radius 2 is 1.97 bits per heavy atom. The first-order valence-electron chi connectivity index (χ1n) is 8.96. The number of nitrogens with zero attached hydrogens (tertiary/aromatic N) is 2. The van der Waals surface area contributed by atoms with E-state index in [-0.39, 0.29) is 24.3 Å². The first-order valence-corrected chi connectivity index (χ1v) is 9.84. The van der Waals surface area contributed by atoms with E-state index in [1.54, 1.807) is 48.9 Å². The van der Waals surface area contributed by atoms with Gasteiger partial charge in [0.15, 0.2) is 6.61 Å². The summed E-state index contributed by atoms with van der Waals surface area (Å²) in [5, 5.41) is 8.41. The second-order valence-corrected chi connectivity index (χ2v) is 7.47. The molecule has 1 amide bonds. The van der Waals surface area contributed by atoms with Crippen LogP contribution in [0.15, 0.2) is 46.3 Å². The summed E-state index contributed by atoms with van der Waals surface area (Å²) in [5.41, 5.74) is 0.746. The maximum absolute atomic E-state index is 12.5. The number of amides is 1. The Kier molecular flexibility index (Phi) is 6.61. The predicted molar refractivity (Wildman–Crippen MR) is 106 cm³/mol. The highest BCUT2D eigenvalue weighted by Gasteiger charge is 2.27. The van der Waals surface area contributed by atoms with Crippen molar-refractivity contribution in [2.45, 2.75) is 26.5 Å². The molecule has 1 atom stereocenters. The minimum absolute atomic E-state index is 0.149. The fraction of sp³-hybridized carbons (Fsp3) is 0.300. The Balaban J connectivity index is 1.59. The SMILES string of the molecule is COc1ccc(-c2noc(COC(=O)C(NC(=O)c3cccs3)C(C)C)n2)cc1. The molecule has 1 aromatic carbocycles. The average Bonchev–Trinajstić information content (AvgIpc) is 3.42. The van der Waals surface area contributed by atoms with Crippen LogP contribution in [0.5, 0.6) is 5.75 Å². The van der Waals surface area contributed by atoms with Gasteiger partial charge in [0.05, 0.1) is 12.0 Å². The maximum atomic E-state index is 12.5. The Morgan fingerprint density at radius 1 is 1.21 bits per heavy atom. The number of ether oxygens (including phenoxy) is 2. The van der Waals surface area contributed by atoms with Crippen LogP contribution in [0.1, 0.15) is 29.4 Å². The van der Waals surface area contributed by atoms with Crippen molar-refractivity contribution in [3.05, 3.63) is 52.5 Å². The van der Waals surface area contributed by atoms with Gasteiger partial charge < -0.3 is 19.3 Å². The summed E-state index contributed by atoms with van der Waals surface area (Å²) in [6.07, 6.45) is 0. The van der Waals surface area contributed by atoms with Crippen LogP contribution in [-0.2, 0) is 16.1 Å². The van der Waals surface area contributed by atoms with Gasteiger partial charge in [-0.05, 0) is 41.6 Å². The minimum Gasteiger partial charge on any atom is -0.497 e. The molecule has 0 spiro atoms. The van der Waals surface area contributed by atoms with E-state index in [1.807, 2.05) is 13.8 Å². The van der Waals surface area contributed by atoms with Gasteiger partial charge in [-0.15, -0.1) is 11.3 Å². The van der Waals surface area contributed by atoms with E-state index in [0.717, 1.165) is 11.3 Å². The van der Waals surface area contributed by atoms with Crippen LogP contribution in [0.25, 0.3) is 11.4 Å². The fourth-order valence-corrected chi connectivity index (χ4v) is 3.14. The second kappa shape index (κ2) is 9.33.